The standard InChI is InChI=1S/C18H23N3O3S/c1-12-16(13-4-5-14-15(10-13)24-11-23-14)19-18(20-17(12)22)25-9-8-21-6-2-3-7-21/h4-5,10,12,16H,2-3,6-9,11H2,1H3,(H,19,20,22). The van der Waals surface area contributed by atoms with Crippen LogP contribution in [0.5, 0.6) is 11.5 Å². The number of rotatable bonds is 4. The van der Waals surface area contributed by atoms with E-state index < -0.39 is 0 Å². The highest BCUT2D eigenvalue weighted by molar-refractivity contribution is 8.13. The topological polar surface area (TPSA) is 63.2 Å². The summed E-state index contributed by atoms with van der Waals surface area (Å²) >= 11 is 1.63. The maximum absolute atomic E-state index is 12.4. The van der Waals surface area contributed by atoms with E-state index in [-0.39, 0.29) is 24.7 Å². The molecular weight excluding hydrogens is 338 g/mol. The van der Waals surface area contributed by atoms with E-state index in [1.165, 1.54) is 25.9 Å². The second kappa shape index (κ2) is 7.25. The first-order valence-electron chi connectivity index (χ1n) is 8.84. The molecule has 1 aromatic carbocycles. The molecule has 1 N–H and O–H groups in total. The summed E-state index contributed by atoms with van der Waals surface area (Å²) in [5.41, 5.74) is 0.990. The van der Waals surface area contributed by atoms with Crippen molar-refractivity contribution in [2.24, 2.45) is 10.9 Å². The van der Waals surface area contributed by atoms with Gasteiger partial charge in [0.2, 0.25) is 12.7 Å². The van der Waals surface area contributed by atoms with Gasteiger partial charge in [0.1, 0.15) is 0 Å². The first-order valence-corrected chi connectivity index (χ1v) is 9.82. The van der Waals surface area contributed by atoms with Gasteiger partial charge in [-0.1, -0.05) is 24.8 Å². The van der Waals surface area contributed by atoms with Crippen LogP contribution in [-0.2, 0) is 4.79 Å². The molecule has 3 heterocycles. The Kier molecular flexibility index (Phi) is 4.85. The second-order valence-electron chi connectivity index (χ2n) is 6.67. The molecule has 4 rings (SSSR count). The number of ether oxygens (including phenoxy) is 2. The fourth-order valence-electron chi connectivity index (χ4n) is 3.44. The minimum atomic E-state index is -0.205. The summed E-state index contributed by atoms with van der Waals surface area (Å²) in [5.74, 6) is 2.25. The van der Waals surface area contributed by atoms with Gasteiger partial charge in [-0.3, -0.25) is 9.79 Å². The van der Waals surface area contributed by atoms with Crippen molar-refractivity contribution in [1.82, 2.24) is 10.2 Å². The third kappa shape index (κ3) is 3.62. The summed E-state index contributed by atoms with van der Waals surface area (Å²) < 4.78 is 10.8. The molecule has 0 aromatic heterocycles. The third-order valence-corrected chi connectivity index (χ3v) is 5.82. The number of fused-ring (bicyclic) bond motifs is 1. The number of nitrogens with one attached hydrogen (secondary N) is 1. The molecule has 3 aliphatic rings. The van der Waals surface area contributed by atoms with Crippen LogP contribution in [0.1, 0.15) is 31.4 Å². The molecule has 134 valence electrons. The Labute approximate surface area is 152 Å². The van der Waals surface area contributed by atoms with Crippen LogP contribution in [0, 0.1) is 5.92 Å². The van der Waals surface area contributed by atoms with E-state index in [1.807, 2.05) is 25.1 Å². The maximum Gasteiger partial charge on any atom is 0.231 e. The lowest BCUT2D eigenvalue weighted by Crippen LogP contribution is -2.40. The summed E-state index contributed by atoms with van der Waals surface area (Å²) in [6.07, 6.45) is 2.60. The van der Waals surface area contributed by atoms with Gasteiger partial charge in [0.05, 0.1) is 12.0 Å². The molecule has 1 amide bonds. The number of hydrogen-bond donors (Lipinski definition) is 1. The van der Waals surface area contributed by atoms with Crippen LogP contribution in [0.2, 0.25) is 0 Å². The van der Waals surface area contributed by atoms with Crippen LogP contribution < -0.4 is 14.8 Å². The predicted molar refractivity (Wildman–Crippen MR) is 98.2 cm³/mol. The molecule has 1 fully saturated rings. The van der Waals surface area contributed by atoms with Gasteiger partial charge in [-0.2, -0.15) is 0 Å². The molecule has 0 spiro atoms. The Morgan fingerprint density at radius 3 is 2.92 bits per heavy atom. The van der Waals surface area contributed by atoms with Crippen LogP contribution in [0.4, 0.5) is 0 Å². The third-order valence-electron chi connectivity index (χ3n) is 4.96. The number of likely N-dealkylation sites (tertiary alicyclic amines) is 1. The summed E-state index contributed by atoms with van der Waals surface area (Å²) in [6, 6.07) is 5.63. The van der Waals surface area contributed by atoms with Crippen LogP contribution >= 0.6 is 11.8 Å². The average molecular weight is 361 g/mol. The number of thioether (sulfide) groups is 1. The normalized spacial score (nSPS) is 25.8. The minimum Gasteiger partial charge on any atom is -0.454 e. The predicted octanol–water partition coefficient (Wildman–Crippen LogP) is 2.41. The average Bonchev–Trinajstić information content (AvgIpc) is 3.28. The van der Waals surface area contributed by atoms with Gasteiger partial charge in [0, 0.05) is 12.3 Å². The Morgan fingerprint density at radius 2 is 2.08 bits per heavy atom. The molecular formula is C18H23N3O3S. The smallest absolute Gasteiger partial charge is 0.231 e. The molecule has 2 unspecified atom stereocenters. The monoisotopic (exact) mass is 361 g/mol. The molecule has 3 aliphatic heterocycles. The maximum atomic E-state index is 12.4. The number of amidine groups is 1. The lowest BCUT2D eigenvalue weighted by molar-refractivity contribution is -0.124. The highest BCUT2D eigenvalue weighted by Gasteiger charge is 2.32. The van der Waals surface area contributed by atoms with Crippen molar-refractivity contribution < 1.29 is 14.3 Å². The van der Waals surface area contributed by atoms with Crippen LogP contribution in [0.25, 0.3) is 0 Å². The molecule has 1 aromatic rings. The Bertz CT molecular complexity index is 688. The number of carbonyl (C=O) groups excluding carboxylic acids is 1. The highest BCUT2D eigenvalue weighted by Crippen LogP contribution is 2.38. The first kappa shape index (κ1) is 16.7. The van der Waals surface area contributed by atoms with E-state index in [0.29, 0.717) is 0 Å². The molecule has 0 aliphatic carbocycles. The van der Waals surface area contributed by atoms with E-state index in [1.54, 1.807) is 11.8 Å². The van der Waals surface area contributed by atoms with E-state index in [2.05, 4.69) is 10.2 Å². The summed E-state index contributed by atoms with van der Waals surface area (Å²) in [7, 11) is 0. The Morgan fingerprint density at radius 1 is 1.28 bits per heavy atom. The van der Waals surface area contributed by atoms with Crippen molar-refractivity contribution in [3.05, 3.63) is 23.8 Å². The quantitative estimate of drug-likeness (QED) is 0.892. The van der Waals surface area contributed by atoms with Gasteiger partial charge in [0.25, 0.3) is 0 Å². The number of aliphatic imine (C=N–C) groups is 1. The molecule has 2 atom stereocenters. The van der Waals surface area contributed by atoms with Crippen molar-refractivity contribution in [1.29, 1.82) is 0 Å². The molecule has 25 heavy (non-hydrogen) atoms. The first-order chi connectivity index (χ1) is 12.2. The molecule has 6 nitrogen and oxygen atoms in total. The van der Waals surface area contributed by atoms with E-state index in [9.17, 15) is 4.79 Å². The molecule has 7 heteroatoms. The van der Waals surface area contributed by atoms with Gasteiger partial charge in [-0.05, 0) is 43.6 Å². The summed E-state index contributed by atoms with van der Waals surface area (Å²) in [6.45, 7) is 5.59. The molecule has 0 saturated carbocycles. The van der Waals surface area contributed by atoms with Gasteiger partial charge in [-0.25, -0.2) is 0 Å². The van der Waals surface area contributed by atoms with E-state index in [0.717, 1.165) is 34.5 Å². The largest absolute Gasteiger partial charge is 0.454 e. The van der Waals surface area contributed by atoms with E-state index >= 15 is 0 Å². The zero-order chi connectivity index (χ0) is 17.2. The lowest BCUT2D eigenvalue weighted by Gasteiger charge is -2.27. The number of nitrogens with zero attached hydrogens (tertiary/aromatic N) is 2. The van der Waals surface area contributed by atoms with Gasteiger partial charge < -0.3 is 19.7 Å². The highest BCUT2D eigenvalue weighted by atomic mass is 32.2. The zero-order valence-corrected chi connectivity index (χ0v) is 15.2. The van der Waals surface area contributed by atoms with Gasteiger partial charge in [0.15, 0.2) is 16.7 Å². The van der Waals surface area contributed by atoms with E-state index in [4.69, 9.17) is 14.5 Å². The lowest BCUT2D eigenvalue weighted by atomic mass is 9.93. The molecule has 0 radical (unpaired) electrons. The van der Waals surface area contributed by atoms with Crippen LogP contribution in [0.15, 0.2) is 23.2 Å². The van der Waals surface area contributed by atoms with Crippen molar-refractivity contribution in [3.63, 3.8) is 0 Å². The minimum absolute atomic E-state index is 0.0290. The SMILES string of the molecule is CC1C(=O)NC(SCCN2CCCC2)=NC1c1ccc2c(c1)OCO2. The van der Waals surface area contributed by atoms with Gasteiger partial charge in [-0.15, -0.1) is 0 Å². The Balaban J connectivity index is 1.46. The van der Waals surface area contributed by atoms with Gasteiger partial charge >= 0.3 is 0 Å². The summed E-state index contributed by atoms with van der Waals surface area (Å²) in [5, 5.41) is 3.67. The van der Waals surface area contributed by atoms with Crippen LogP contribution in [0.3, 0.4) is 0 Å². The second-order valence-corrected chi connectivity index (χ2v) is 7.75. The number of amides is 1. The summed E-state index contributed by atoms with van der Waals surface area (Å²) in [4.78, 5) is 19.6. The Hall–Kier alpha value is -1.73. The molecule has 1 saturated heterocycles. The fraction of sp³-hybridized carbons (Fsp3) is 0.556. The van der Waals surface area contributed by atoms with Crippen molar-refractivity contribution in [3.8, 4) is 11.5 Å². The number of carbonyl (C=O) groups is 1. The molecule has 0 bridgehead atoms. The fourth-order valence-corrected chi connectivity index (χ4v) is 4.35. The zero-order valence-electron chi connectivity index (χ0n) is 14.4. The number of benzene rings is 1. The van der Waals surface area contributed by atoms with Crippen molar-refractivity contribution in [2.75, 3.05) is 32.2 Å². The number of hydrogen-bond acceptors (Lipinski definition) is 6. The van der Waals surface area contributed by atoms with Crippen molar-refractivity contribution >= 4 is 22.8 Å². The van der Waals surface area contributed by atoms with Crippen molar-refractivity contribution in [2.45, 2.75) is 25.8 Å². The van der Waals surface area contributed by atoms with Crippen LogP contribution in [-0.4, -0.2) is 48.2 Å².